The second-order valence-electron chi connectivity index (χ2n) is 5.00. The van der Waals surface area contributed by atoms with Gasteiger partial charge in [0.25, 0.3) is 5.69 Å². The summed E-state index contributed by atoms with van der Waals surface area (Å²) in [4.78, 5) is 38.3. The fourth-order valence-corrected chi connectivity index (χ4v) is 2.11. The first-order valence-electron chi connectivity index (χ1n) is 6.84. The molecule has 7 nitrogen and oxygen atoms in total. The number of nitrogens with zero attached hydrogens (tertiary/aromatic N) is 2. The second-order valence-corrected chi connectivity index (χ2v) is 5.00. The van der Waals surface area contributed by atoms with Crippen molar-refractivity contribution in [3.63, 3.8) is 0 Å². The summed E-state index contributed by atoms with van der Waals surface area (Å²) in [5, 5.41) is 11.1. The molecule has 24 heavy (non-hydrogen) atoms. The first-order chi connectivity index (χ1) is 11.4. The Bertz CT molecular complexity index is 1130. The molecule has 1 aromatic heterocycles. The number of rotatable bonds is 3. The molecule has 3 rings (SSSR count). The molecule has 0 radical (unpaired) electrons. The lowest BCUT2D eigenvalue weighted by Crippen LogP contribution is -2.28. The molecular formula is C17H10N2O5. The number of fused-ring (bicyclic) bond motifs is 1. The van der Waals surface area contributed by atoms with Crippen LogP contribution in [-0.4, -0.2) is 15.7 Å². The van der Waals surface area contributed by atoms with E-state index in [0.717, 1.165) is 6.08 Å². The van der Waals surface area contributed by atoms with Gasteiger partial charge in [0.2, 0.25) is 0 Å². The van der Waals surface area contributed by atoms with E-state index in [0.29, 0.717) is 10.7 Å². The van der Waals surface area contributed by atoms with Crippen LogP contribution < -0.4 is 16.2 Å². The molecule has 0 bridgehead atoms. The van der Waals surface area contributed by atoms with Crippen LogP contribution in [0.4, 0.5) is 5.69 Å². The summed E-state index contributed by atoms with van der Waals surface area (Å²) in [6.07, 6.45) is 1.05. The summed E-state index contributed by atoms with van der Waals surface area (Å²) in [6, 6.07) is 9.97. The van der Waals surface area contributed by atoms with E-state index < -0.39 is 16.3 Å². The molecule has 0 atom stereocenters. The van der Waals surface area contributed by atoms with E-state index >= 15 is 0 Å². The number of carbonyl (C=O) groups excluding carboxylic acids is 1. The molecular weight excluding hydrogens is 312 g/mol. The average molecular weight is 322 g/mol. The van der Waals surface area contributed by atoms with Crippen LogP contribution in [0, 0.1) is 10.1 Å². The van der Waals surface area contributed by atoms with Gasteiger partial charge in [-0.2, -0.15) is 0 Å². The van der Waals surface area contributed by atoms with Crippen molar-refractivity contribution in [3.8, 4) is 0 Å². The third-order valence-electron chi connectivity index (χ3n) is 3.31. The molecule has 7 heteroatoms. The van der Waals surface area contributed by atoms with Crippen LogP contribution in [0.2, 0.25) is 0 Å². The maximum Gasteiger partial charge on any atom is 0.362 e. The van der Waals surface area contributed by atoms with E-state index in [-0.39, 0.29) is 22.2 Å². The number of carbonyl (C=O) groups is 1. The van der Waals surface area contributed by atoms with Gasteiger partial charge >= 0.3 is 5.63 Å². The predicted molar refractivity (Wildman–Crippen MR) is 86.9 cm³/mol. The van der Waals surface area contributed by atoms with Crippen LogP contribution in [0.3, 0.4) is 0 Å². The third-order valence-corrected chi connectivity index (χ3v) is 3.31. The smallest absolute Gasteiger partial charge is 0.362 e. The molecule has 3 aromatic rings. The predicted octanol–water partition coefficient (Wildman–Crippen LogP) is 1.17. The van der Waals surface area contributed by atoms with Gasteiger partial charge < -0.3 is 4.42 Å². The summed E-state index contributed by atoms with van der Waals surface area (Å²) >= 11 is 0. The number of Topliss-reactive ketones (excluding diaryl/α,β-unsaturated/α-hetero) is 1. The number of ketones is 1. The molecule has 2 aromatic carbocycles. The van der Waals surface area contributed by atoms with Crippen LogP contribution in [-0.2, 0) is 0 Å². The van der Waals surface area contributed by atoms with Crippen molar-refractivity contribution < 1.29 is 14.1 Å². The van der Waals surface area contributed by atoms with Gasteiger partial charge in [-0.15, -0.1) is 0 Å². The van der Waals surface area contributed by atoms with Crippen molar-refractivity contribution in [1.29, 1.82) is 0 Å². The number of nitro groups is 1. The van der Waals surface area contributed by atoms with Gasteiger partial charge in [0.1, 0.15) is 5.52 Å². The lowest BCUT2D eigenvalue weighted by molar-refractivity contribution is -0.384. The molecule has 1 heterocycles. The zero-order valence-corrected chi connectivity index (χ0v) is 12.3. The number of aromatic nitrogens is 1. The standard InChI is InChI=1S/C17H10N2O5/c1-10-2-7-13-16(8-10)24-17(21)14(18-13)9-15(20)11-3-5-12(6-4-11)19(22)23/h2-9H,1H2/b14-9-. The van der Waals surface area contributed by atoms with Crippen molar-refractivity contribution in [2.75, 3.05) is 0 Å². The largest absolute Gasteiger partial charge is 0.419 e. The number of hydrogen-bond donors (Lipinski definition) is 0. The Kier molecular flexibility index (Phi) is 3.75. The molecule has 0 aliphatic carbocycles. The Morgan fingerprint density at radius 1 is 1.21 bits per heavy atom. The minimum Gasteiger partial charge on any atom is -0.419 e. The molecule has 0 N–H and O–H groups in total. The number of hydrogen-bond acceptors (Lipinski definition) is 6. The Balaban J connectivity index is 2.05. The van der Waals surface area contributed by atoms with Gasteiger partial charge in [0.15, 0.2) is 16.7 Å². The molecule has 0 unspecified atom stereocenters. The third kappa shape index (κ3) is 2.95. The van der Waals surface area contributed by atoms with E-state index in [1.54, 1.807) is 18.2 Å². The summed E-state index contributed by atoms with van der Waals surface area (Å²) in [6.45, 7) is 3.73. The first kappa shape index (κ1) is 15.3. The van der Waals surface area contributed by atoms with Crippen molar-refractivity contribution in [2.45, 2.75) is 0 Å². The average Bonchev–Trinajstić information content (AvgIpc) is 2.55. The highest BCUT2D eigenvalue weighted by atomic mass is 16.6. The summed E-state index contributed by atoms with van der Waals surface area (Å²) in [5.74, 6) is -0.502. The van der Waals surface area contributed by atoms with E-state index in [9.17, 15) is 19.7 Å². The maximum atomic E-state index is 12.2. The quantitative estimate of drug-likeness (QED) is 0.407. The van der Waals surface area contributed by atoms with Crippen molar-refractivity contribution >= 4 is 35.2 Å². The van der Waals surface area contributed by atoms with Gasteiger partial charge in [-0.3, -0.25) is 14.9 Å². The minimum atomic E-state index is -0.747. The zero-order chi connectivity index (χ0) is 17.3. The zero-order valence-electron chi connectivity index (χ0n) is 12.3. The second kappa shape index (κ2) is 5.88. The molecule has 0 aliphatic heterocycles. The van der Waals surface area contributed by atoms with Crippen LogP contribution in [0.15, 0.2) is 51.7 Å². The van der Waals surface area contributed by atoms with Gasteiger partial charge in [0, 0.05) is 23.8 Å². The molecule has 0 aliphatic rings. The maximum absolute atomic E-state index is 12.2. The number of benzene rings is 2. The van der Waals surface area contributed by atoms with Crippen LogP contribution >= 0.6 is 0 Å². The topological polar surface area (TPSA) is 103 Å². The molecule has 0 amide bonds. The van der Waals surface area contributed by atoms with Gasteiger partial charge in [-0.1, -0.05) is 12.6 Å². The van der Waals surface area contributed by atoms with Crippen LogP contribution in [0.1, 0.15) is 10.4 Å². The minimum absolute atomic E-state index is 0.126. The molecule has 0 spiro atoms. The Hall–Kier alpha value is -3.61. The van der Waals surface area contributed by atoms with Crippen molar-refractivity contribution in [2.24, 2.45) is 0 Å². The van der Waals surface area contributed by atoms with E-state index in [1.807, 2.05) is 0 Å². The lowest BCUT2D eigenvalue weighted by atomic mass is 10.1. The molecule has 0 saturated carbocycles. The summed E-state index contributed by atoms with van der Waals surface area (Å²) in [5.41, 5.74) is 0.0365. The highest BCUT2D eigenvalue weighted by Gasteiger charge is 2.09. The van der Waals surface area contributed by atoms with Gasteiger partial charge in [-0.05, 0) is 29.5 Å². The van der Waals surface area contributed by atoms with Gasteiger partial charge in [0.05, 0.1) is 4.92 Å². The Morgan fingerprint density at radius 2 is 1.92 bits per heavy atom. The van der Waals surface area contributed by atoms with E-state index in [1.165, 1.54) is 24.3 Å². The number of nitro benzene ring substituents is 1. The fourth-order valence-electron chi connectivity index (χ4n) is 2.11. The highest BCUT2D eigenvalue weighted by molar-refractivity contribution is 6.17. The molecule has 0 fully saturated rings. The highest BCUT2D eigenvalue weighted by Crippen LogP contribution is 2.12. The Morgan fingerprint density at radius 3 is 2.58 bits per heavy atom. The number of non-ortho nitro benzene ring substituents is 1. The first-order valence-corrected chi connectivity index (χ1v) is 6.84. The van der Waals surface area contributed by atoms with Gasteiger partial charge in [-0.25, -0.2) is 9.78 Å². The normalized spacial score (nSPS) is 11.6. The van der Waals surface area contributed by atoms with E-state index in [4.69, 9.17) is 4.42 Å². The van der Waals surface area contributed by atoms with Crippen LogP contribution in [0.5, 0.6) is 0 Å². The van der Waals surface area contributed by atoms with E-state index in [2.05, 4.69) is 11.6 Å². The Labute approximate surface area is 134 Å². The van der Waals surface area contributed by atoms with Crippen LogP contribution in [0.25, 0.3) is 23.8 Å². The monoisotopic (exact) mass is 322 g/mol. The molecule has 0 saturated heterocycles. The lowest BCUT2D eigenvalue weighted by Gasteiger charge is -1.97. The summed E-state index contributed by atoms with van der Waals surface area (Å²) < 4.78 is 5.13. The van der Waals surface area contributed by atoms with Crippen molar-refractivity contribution in [3.05, 3.63) is 79.1 Å². The molecule has 118 valence electrons. The fraction of sp³-hybridized carbons (Fsp3) is 0. The van der Waals surface area contributed by atoms with Crippen molar-refractivity contribution in [1.82, 2.24) is 4.98 Å². The SMILES string of the molecule is C=c1ccc2n/c(=C\C(=O)c3ccc([N+](=O)[O-])cc3)c(=O)oc2c1. The summed E-state index contributed by atoms with van der Waals surface area (Å²) in [7, 11) is 0.